The van der Waals surface area contributed by atoms with Crippen LogP contribution in [0.1, 0.15) is 10.4 Å². The second-order valence-electron chi connectivity index (χ2n) is 5.35. The lowest BCUT2D eigenvalue weighted by molar-refractivity contribution is 0.0998. The van der Waals surface area contributed by atoms with Crippen LogP contribution >= 0.6 is 34.3 Å². The van der Waals surface area contributed by atoms with Crippen LogP contribution in [0, 0.1) is 0 Å². The molecule has 4 nitrogen and oxygen atoms in total. The van der Waals surface area contributed by atoms with E-state index in [-0.39, 0.29) is 5.91 Å². The Hall–Kier alpha value is -2.28. The summed E-state index contributed by atoms with van der Waals surface area (Å²) in [5.41, 5.74) is 4.19. The molecule has 0 spiro atoms. The van der Waals surface area contributed by atoms with Crippen LogP contribution in [0.15, 0.2) is 59.6 Å². The van der Waals surface area contributed by atoms with Gasteiger partial charge in [-0.2, -0.15) is 4.99 Å². The number of hydrogen-bond acceptors (Lipinski definition) is 4. The molecule has 2 heterocycles. The van der Waals surface area contributed by atoms with Crippen molar-refractivity contribution < 1.29 is 4.79 Å². The first-order chi connectivity index (χ1) is 12.2. The van der Waals surface area contributed by atoms with Gasteiger partial charge in [-0.3, -0.25) is 4.79 Å². The normalized spacial score (nSPS) is 12.1. The van der Waals surface area contributed by atoms with E-state index in [1.807, 2.05) is 34.9 Å². The largest absolute Gasteiger partial charge is 0.312 e. The maximum absolute atomic E-state index is 12.6. The smallest absolute Gasteiger partial charge is 0.279 e. The minimum Gasteiger partial charge on any atom is -0.312 e. The minimum atomic E-state index is -0.272. The Balaban J connectivity index is 1.85. The minimum absolute atomic E-state index is 0.272. The molecule has 4 aromatic rings. The summed E-state index contributed by atoms with van der Waals surface area (Å²) >= 11 is 9.02. The first kappa shape index (κ1) is 16.2. The summed E-state index contributed by atoms with van der Waals surface area (Å²) in [6.45, 7) is 4.36. The van der Waals surface area contributed by atoms with Crippen molar-refractivity contribution in [3.63, 3.8) is 0 Å². The summed E-state index contributed by atoms with van der Waals surface area (Å²) in [4.78, 5) is 21.8. The van der Waals surface area contributed by atoms with Crippen molar-refractivity contribution in [3.05, 3.63) is 70.0 Å². The van der Waals surface area contributed by atoms with E-state index in [0.717, 1.165) is 20.4 Å². The lowest BCUT2D eigenvalue weighted by Gasteiger charge is -2.01. The van der Waals surface area contributed by atoms with Gasteiger partial charge in [-0.15, -0.1) is 17.9 Å². The Morgan fingerprint density at radius 1 is 1.28 bits per heavy atom. The molecule has 25 heavy (non-hydrogen) atoms. The molecule has 0 radical (unpaired) electrons. The molecule has 1 amide bonds. The van der Waals surface area contributed by atoms with Gasteiger partial charge in [0.15, 0.2) is 4.80 Å². The fourth-order valence-corrected chi connectivity index (χ4v) is 4.61. The third-order valence-corrected chi connectivity index (χ3v) is 5.80. The summed E-state index contributed by atoms with van der Waals surface area (Å²) in [6, 6.07) is 11.1. The quantitative estimate of drug-likeness (QED) is 0.471. The topological polar surface area (TPSA) is 47.2 Å². The molecule has 0 bridgehead atoms. The standard InChI is InChI=1S/C18H12ClN3OS2/c1-2-7-22-14-6-4-12(19)9-16(14)25-18(22)21-17(23)11-3-5-13-15(8-11)24-10-20-13/h2-6,8-10H,1,7H2. The monoisotopic (exact) mass is 385 g/mol. The van der Waals surface area contributed by atoms with E-state index in [4.69, 9.17) is 11.6 Å². The molecule has 7 heteroatoms. The van der Waals surface area contributed by atoms with E-state index in [1.54, 1.807) is 17.7 Å². The predicted octanol–water partition coefficient (Wildman–Crippen LogP) is 4.89. The molecule has 0 N–H and O–H groups in total. The number of allylic oxidation sites excluding steroid dienone is 1. The fourth-order valence-electron chi connectivity index (χ4n) is 2.58. The van der Waals surface area contributed by atoms with E-state index in [1.165, 1.54) is 22.7 Å². The van der Waals surface area contributed by atoms with E-state index >= 15 is 0 Å². The van der Waals surface area contributed by atoms with Crippen LogP contribution in [0.25, 0.3) is 20.4 Å². The van der Waals surface area contributed by atoms with Gasteiger partial charge in [0, 0.05) is 17.1 Å². The van der Waals surface area contributed by atoms with Crippen molar-refractivity contribution in [2.24, 2.45) is 4.99 Å². The molecule has 124 valence electrons. The summed E-state index contributed by atoms with van der Waals surface area (Å²) < 4.78 is 3.92. The van der Waals surface area contributed by atoms with Crippen LogP contribution < -0.4 is 4.80 Å². The molecular formula is C18H12ClN3OS2. The summed E-state index contributed by atoms with van der Waals surface area (Å²) in [5.74, 6) is -0.272. The highest BCUT2D eigenvalue weighted by molar-refractivity contribution is 7.17. The van der Waals surface area contributed by atoms with Gasteiger partial charge in [0.25, 0.3) is 5.91 Å². The van der Waals surface area contributed by atoms with Crippen molar-refractivity contribution in [1.82, 2.24) is 9.55 Å². The Bertz CT molecular complexity index is 1190. The lowest BCUT2D eigenvalue weighted by atomic mass is 10.2. The third kappa shape index (κ3) is 3.04. The average molecular weight is 386 g/mol. The maximum atomic E-state index is 12.6. The molecule has 0 saturated heterocycles. The molecule has 0 aliphatic carbocycles. The number of carbonyl (C=O) groups is 1. The molecule has 0 saturated carbocycles. The first-order valence-corrected chi connectivity index (χ1v) is 9.55. The van der Waals surface area contributed by atoms with E-state index in [9.17, 15) is 4.79 Å². The highest BCUT2D eigenvalue weighted by Gasteiger charge is 2.10. The first-order valence-electron chi connectivity index (χ1n) is 7.48. The average Bonchev–Trinajstić information content (AvgIpc) is 3.19. The third-order valence-electron chi connectivity index (χ3n) is 3.73. The SMILES string of the molecule is C=CCn1c(=NC(=O)c2ccc3ncsc3c2)sc2cc(Cl)ccc21. The van der Waals surface area contributed by atoms with E-state index in [0.29, 0.717) is 21.9 Å². The zero-order valence-corrected chi connectivity index (χ0v) is 15.4. The molecule has 2 aromatic carbocycles. The molecule has 0 aliphatic rings. The molecule has 0 unspecified atom stereocenters. The second-order valence-corrected chi connectivity index (χ2v) is 7.68. The van der Waals surface area contributed by atoms with Gasteiger partial charge in [-0.1, -0.05) is 29.0 Å². The van der Waals surface area contributed by atoms with Crippen LogP contribution in [0.2, 0.25) is 5.02 Å². The zero-order valence-electron chi connectivity index (χ0n) is 13.0. The fraction of sp³-hybridized carbons (Fsp3) is 0.0556. The Kier molecular flexibility index (Phi) is 4.25. The van der Waals surface area contributed by atoms with Gasteiger partial charge in [-0.25, -0.2) is 4.98 Å². The number of hydrogen-bond donors (Lipinski definition) is 0. The molecule has 0 aliphatic heterocycles. The van der Waals surface area contributed by atoms with Gasteiger partial charge in [0.05, 0.1) is 25.9 Å². The number of halogens is 1. The van der Waals surface area contributed by atoms with Crippen molar-refractivity contribution >= 4 is 60.6 Å². The van der Waals surface area contributed by atoms with Crippen LogP contribution in [0.3, 0.4) is 0 Å². The van der Waals surface area contributed by atoms with Gasteiger partial charge >= 0.3 is 0 Å². The van der Waals surface area contributed by atoms with E-state index in [2.05, 4.69) is 16.6 Å². The number of thiazole rings is 2. The number of rotatable bonds is 3. The lowest BCUT2D eigenvalue weighted by Crippen LogP contribution is -2.16. The van der Waals surface area contributed by atoms with Gasteiger partial charge in [0.1, 0.15) is 0 Å². The summed E-state index contributed by atoms with van der Waals surface area (Å²) in [7, 11) is 0. The number of fused-ring (bicyclic) bond motifs is 2. The molecule has 4 rings (SSSR count). The number of amides is 1. The molecular weight excluding hydrogens is 374 g/mol. The van der Waals surface area contributed by atoms with Crippen molar-refractivity contribution in [2.75, 3.05) is 0 Å². The summed E-state index contributed by atoms with van der Waals surface area (Å²) in [5, 5.41) is 0.660. The van der Waals surface area contributed by atoms with Crippen molar-refractivity contribution in [3.8, 4) is 0 Å². The second kappa shape index (κ2) is 6.55. The van der Waals surface area contributed by atoms with Crippen molar-refractivity contribution in [1.29, 1.82) is 0 Å². The highest BCUT2D eigenvalue weighted by Crippen LogP contribution is 2.22. The molecule has 0 fully saturated rings. The highest BCUT2D eigenvalue weighted by atomic mass is 35.5. The predicted molar refractivity (Wildman–Crippen MR) is 105 cm³/mol. The van der Waals surface area contributed by atoms with Gasteiger partial charge in [-0.05, 0) is 36.4 Å². The Morgan fingerprint density at radius 3 is 3.00 bits per heavy atom. The number of nitrogens with zero attached hydrogens (tertiary/aromatic N) is 3. The maximum Gasteiger partial charge on any atom is 0.279 e. The van der Waals surface area contributed by atoms with Crippen LogP contribution in [0.5, 0.6) is 0 Å². The number of benzene rings is 2. The zero-order chi connectivity index (χ0) is 17.4. The Labute approximate surface area is 156 Å². The van der Waals surface area contributed by atoms with E-state index < -0.39 is 0 Å². The molecule has 2 aromatic heterocycles. The van der Waals surface area contributed by atoms with Crippen LogP contribution in [-0.4, -0.2) is 15.5 Å². The van der Waals surface area contributed by atoms with Crippen LogP contribution in [0.4, 0.5) is 0 Å². The Morgan fingerprint density at radius 2 is 2.16 bits per heavy atom. The van der Waals surface area contributed by atoms with Gasteiger partial charge < -0.3 is 4.57 Å². The molecule has 0 atom stereocenters. The van der Waals surface area contributed by atoms with Gasteiger partial charge in [0.2, 0.25) is 0 Å². The number of carbonyl (C=O) groups excluding carboxylic acids is 1. The summed E-state index contributed by atoms with van der Waals surface area (Å²) in [6.07, 6.45) is 1.79. The van der Waals surface area contributed by atoms with Crippen molar-refractivity contribution in [2.45, 2.75) is 6.54 Å². The number of aromatic nitrogens is 2. The van der Waals surface area contributed by atoms with Crippen LogP contribution in [-0.2, 0) is 6.54 Å².